The maximum Gasteiger partial charge on any atom is 0.191 e. The van der Waals surface area contributed by atoms with Gasteiger partial charge in [0, 0.05) is 30.3 Å². The van der Waals surface area contributed by atoms with Crippen LogP contribution in [0.4, 0.5) is 0 Å². The van der Waals surface area contributed by atoms with Gasteiger partial charge in [-0.2, -0.15) is 0 Å². The van der Waals surface area contributed by atoms with Crippen molar-refractivity contribution >= 4 is 21.6 Å². The molecule has 3 rings (SSSR count). The quantitative estimate of drug-likeness (QED) is 0.592. The van der Waals surface area contributed by atoms with E-state index in [0.717, 1.165) is 16.5 Å². The number of aromatic nitrogens is 4. The minimum absolute atomic E-state index is 0.0584. The SMILES string of the molecule is CCn1c(SCCS(=O)(=O)c2ccccc2)nnc1-c1ccncc1. The molecule has 0 spiro atoms. The predicted octanol–water partition coefficient (Wildman–Crippen LogP) is 2.93. The minimum atomic E-state index is -3.28. The molecule has 0 amide bonds. The Kier molecular flexibility index (Phi) is 5.50. The van der Waals surface area contributed by atoms with Crippen LogP contribution in [0.5, 0.6) is 0 Å². The van der Waals surface area contributed by atoms with E-state index in [1.807, 2.05) is 23.6 Å². The molecular formula is C17H18N4O2S2. The van der Waals surface area contributed by atoms with Crippen LogP contribution in [0.25, 0.3) is 11.4 Å². The Hall–Kier alpha value is -2.19. The van der Waals surface area contributed by atoms with E-state index in [-0.39, 0.29) is 5.75 Å². The highest BCUT2D eigenvalue weighted by molar-refractivity contribution is 8.00. The van der Waals surface area contributed by atoms with Crippen molar-refractivity contribution in [3.63, 3.8) is 0 Å². The molecule has 0 bridgehead atoms. The second kappa shape index (κ2) is 7.79. The van der Waals surface area contributed by atoms with E-state index in [1.54, 1.807) is 42.7 Å². The zero-order valence-electron chi connectivity index (χ0n) is 13.7. The van der Waals surface area contributed by atoms with E-state index in [9.17, 15) is 8.42 Å². The van der Waals surface area contributed by atoms with Crippen LogP contribution in [-0.4, -0.2) is 39.7 Å². The van der Waals surface area contributed by atoms with Gasteiger partial charge in [-0.3, -0.25) is 4.98 Å². The number of nitrogens with zero attached hydrogens (tertiary/aromatic N) is 4. The summed E-state index contributed by atoms with van der Waals surface area (Å²) in [5.74, 6) is 1.24. The van der Waals surface area contributed by atoms with Gasteiger partial charge in [-0.05, 0) is 31.2 Å². The summed E-state index contributed by atoms with van der Waals surface area (Å²) >= 11 is 1.40. The molecule has 0 N–H and O–H groups in total. The van der Waals surface area contributed by atoms with Crippen molar-refractivity contribution in [2.45, 2.75) is 23.5 Å². The zero-order chi connectivity index (χ0) is 17.7. The Balaban J connectivity index is 1.71. The Morgan fingerprint density at radius 3 is 2.44 bits per heavy atom. The monoisotopic (exact) mass is 374 g/mol. The normalized spacial score (nSPS) is 11.6. The van der Waals surface area contributed by atoms with Crippen LogP contribution in [0.1, 0.15) is 6.92 Å². The van der Waals surface area contributed by atoms with Gasteiger partial charge in [0.25, 0.3) is 0 Å². The molecule has 0 unspecified atom stereocenters. The second-order valence-corrected chi connectivity index (χ2v) is 8.44. The lowest BCUT2D eigenvalue weighted by atomic mass is 10.2. The molecule has 130 valence electrons. The van der Waals surface area contributed by atoms with Gasteiger partial charge < -0.3 is 4.57 Å². The molecule has 25 heavy (non-hydrogen) atoms. The molecule has 0 aliphatic carbocycles. The summed E-state index contributed by atoms with van der Waals surface area (Å²) in [6.07, 6.45) is 3.42. The fourth-order valence-corrected chi connectivity index (χ4v) is 5.05. The van der Waals surface area contributed by atoms with Gasteiger partial charge in [-0.1, -0.05) is 30.0 Å². The average Bonchev–Trinajstić information content (AvgIpc) is 3.06. The molecule has 0 aliphatic rings. The first-order valence-corrected chi connectivity index (χ1v) is 10.5. The van der Waals surface area contributed by atoms with Crippen molar-refractivity contribution in [2.24, 2.45) is 0 Å². The van der Waals surface area contributed by atoms with Crippen LogP contribution in [-0.2, 0) is 16.4 Å². The Labute approximate surface area is 151 Å². The Bertz CT molecular complexity index is 926. The fourth-order valence-electron chi connectivity index (χ4n) is 2.38. The van der Waals surface area contributed by atoms with E-state index < -0.39 is 9.84 Å². The molecule has 0 radical (unpaired) electrons. The van der Waals surface area contributed by atoms with Crippen molar-refractivity contribution in [3.05, 3.63) is 54.9 Å². The topological polar surface area (TPSA) is 77.7 Å². The van der Waals surface area contributed by atoms with Gasteiger partial charge in [0.1, 0.15) is 0 Å². The van der Waals surface area contributed by atoms with Crippen molar-refractivity contribution < 1.29 is 8.42 Å². The molecule has 0 fully saturated rings. The highest BCUT2D eigenvalue weighted by Crippen LogP contribution is 2.24. The van der Waals surface area contributed by atoms with Gasteiger partial charge >= 0.3 is 0 Å². The van der Waals surface area contributed by atoms with Gasteiger partial charge in [0.2, 0.25) is 0 Å². The molecular weight excluding hydrogens is 356 g/mol. The Morgan fingerprint density at radius 1 is 1.04 bits per heavy atom. The van der Waals surface area contributed by atoms with Crippen LogP contribution in [0, 0.1) is 0 Å². The lowest BCUT2D eigenvalue weighted by molar-refractivity contribution is 0.597. The third-order valence-electron chi connectivity index (χ3n) is 3.66. The minimum Gasteiger partial charge on any atom is -0.302 e. The van der Waals surface area contributed by atoms with Crippen LogP contribution in [0.2, 0.25) is 0 Å². The van der Waals surface area contributed by atoms with Gasteiger partial charge in [-0.25, -0.2) is 8.42 Å². The zero-order valence-corrected chi connectivity index (χ0v) is 15.4. The van der Waals surface area contributed by atoms with Crippen LogP contribution >= 0.6 is 11.8 Å². The maximum atomic E-state index is 12.3. The molecule has 2 heterocycles. The second-order valence-electron chi connectivity index (χ2n) is 5.27. The average molecular weight is 374 g/mol. The van der Waals surface area contributed by atoms with Crippen molar-refractivity contribution in [3.8, 4) is 11.4 Å². The highest BCUT2D eigenvalue weighted by Gasteiger charge is 2.17. The molecule has 6 nitrogen and oxygen atoms in total. The number of thioether (sulfide) groups is 1. The molecule has 0 saturated heterocycles. The number of rotatable bonds is 7. The fraction of sp³-hybridized carbons (Fsp3) is 0.235. The number of benzene rings is 1. The van der Waals surface area contributed by atoms with Crippen LogP contribution in [0.3, 0.4) is 0 Å². The van der Waals surface area contributed by atoms with E-state index >= 15 is 0 Å². The smallest absolute Gasteiger partial charge is 0.191 e. The summed E-state index contributed by atoms with van der Waals surface area (Å²) in [4.78, 5) is 4.36. The van der Waals surface area contributed by atoms with Gasteiger partial charge in [-0.15, -0.1) is 10.2 Å². The van der Waals surface area contributed by atoms with E-state index in [4.69, 9.17) is 0 Å². The number of pyridine rings is 1. The standard InChI is InChI=1S/C17H18N4O2S2/c1-2-21-16(14-8-10-18-11-9-14)19-20-17(21)24-12-13-25(22,23)15-6-4-3-5-7-15/h3-11H,2,12-13H2,1H3. The van der Waals surface area contributed by atoms with Gasteiger partial charge in [0.15, 0.2) is 20.8 Å². The largest absolute Gasteiger partial charge is 0.302 e. The lowest BCUT2D eigenvalue weighted by Gasteiger charge is -2.07. The summed E-state index contributed by atoms with van der Waals surface area (Å²) in [7, 11) is -3.28. The summed E-state index contributed by atoms with van der Waals surface area (Å²) in [6.45, 7) is 2.72. The van der Waals surface area contributed by atoms with Crippen molar-refractivity contribution in [1.29, 1.82) is 0 Å². The molecule has 0 saturated carbocycles. The maximum absolute atomic E-state index is 12.3. The third kappa shape index (κ3) is 4.08. The molecule has 1 aromatic carbocycles. The molecule has 8 heteroatoms. The molecule has 0 atom stereocenters. The number of hydrogen-bond donors (Lipinski definition) is 0. The number of sulfone groups is 1. The van der Waals surface area contributed by atoms with Crippen molar-refractivity contribution in [1.82, 2.24) is 19.7 Å². The van der Waals surface area contributed by atoms with E-state index in [0.29, 0.717) is 17.2 Å². The Morgan fingerprint density at radius 2 is 1.76 bits per heavy atom. The summed E-state index contributed by atoms with van der Waals surface area (Å²) < 4.78 is 26.7. The third-order valence-corrected chi connectivity index (χ3v) is 6.62. The molecule has 2 aromatic heterocycles. The first-order valence-electron chi connectivity index (χ1n) is 7.86. The molecule has 3 aromatic rings. The number of hydrogen-bond acceptors (Lipinski definition) is 6. The van der Waals surface area contributed by atoms with Crippen LogP contribution < -0.4 is 0 Å². The van der Waals surface area contributed by atoms with Gasteiger partial charge in [0.05, 0.1) is 10.6 Å². The summed E-state index contributed by atoms with van der Waals surface area (Å²) in [6, 6.07) is 12.3. The first kappa shape index (κ1) is 17.6. The van der Waals surface area contributed by atoms with E-state index in [1.165, 1.54) is 11.8 Å². The highest BCUT2D eigenvalue weighted by atomic mass is 32.2. The summed E-state index contributed by atoms with van der Waals surface area (Å²) in [5.41, 5.74) is 0.938. The van der Waals surface area contributed by atoms with E-state index in [2.05, 4.69) is 15.2 Å². The van der Waals surface area contributed by atoms with Crippen molar-refractivity contribution in [2.75, 3.05) is 11.5 Å². The predicted molar refractivity (Wildman–Crippen MR) is 98.1 cm³/mol. The molecule has 0 aliphatic heterocycles. The lowest BCUT2D eigenvalue weighted by Crippen LogP contribution is -2.09. The van der Waals surface area contributed by atoms with Crippen LogP contribution in [0.15, 0.2) is 64.9 Å². The summed E-state index contributed by atoms with van der Waals surface area (Å²) in [5, 5.41) is 9.18. The first-order chi connectivity index (χ1) is 12.1.